The van der Waals surface area contributed by atoms with Gasteiger partial charge in [0.2, 0.25) is 0 Å². The van der Waals surface area contributed by atoms with Crippen LogP contribution in [0.15, 0.2) is 18.2 Å². The summed E-state index contributed by atoms with van der Waals surface area (Å²) >= 11 is 0. The van der Waals surface area contributed by atoms with Crippen molar-refractivity contribution in [3.63, 3.8) is 0 Å². The quantitative estimate of drug-likeness (QED) is 0.848. The molecular weight excluding hydrogens is 250 g/mol. The topological polar surface area (TPSA) is 35.2 Å². The molecule has 0 aliphatic rings. The molecule has 1 rings (SSSR count). The lowest BCUT2D eigenvalue weighted by molar-refractivity contribution is -0.146. The molecule has 0 aliphatic carbocycles. The molecule has 0 saturated heterocycles. The molecule has 0 saturated carbocycles. The lowest BCUT2D eigenvalue weighted by Gasteiger charge is -2.20. The average Bonchev–Trinajstić information content (AvgIpc) is 2.24. The van der Waals surface area contributed by atoms with Crippen LogP contribution in [-0.2, 0) is 0 Å². The van der Waals surface area contributed by atoms with Crippen molar-refractivity contribution >= 4 is 0 Å². The Bertz CT molecular complexity index is 404. The Hall–Kier alpha value is -1.30. The van der Waals surface area contributed by atoms with Gasteiger partial charge in [0.25, 0.3) is 0 Å². The van der Waals surface area contributed by atoms with Crippen molar-refractivity contribution in [2.45, 2.75) is 32.0 Å². The Balaban J connectivity index is 3.03. The molecule has 2 nitrogen and oxygen atoms in total. The van der Waals surface area contributed by atoms with E-state index in [1.807, 2.05) is 0 Å². The Kier molecular flexibility index (Phi) is 4.56. The maximum atomic E-state index is 13.0. The smallest absolute Gasteiger partial charge is 0.395 e. The van der Waals surface area contributed by atoms with E-state index in [1.165, 1.54) is 6.07 Å². The Morgan fingerprint density at radius 1 is 1.28 bits per heavy atom. The van der Waals surface area contributed by atoms with E-state index in [9.17, 15) is 17.6 Å². The number of hydrogen-bond acceptors (Lipinski definition) is 2. The van der Waals surface area contributed by atoms with Crippen molar-refractivity contribution in [3.05, 3.63) is 29.6 Å². The first kappa shape index (κ1) is 14.8. The van der Waals surface area contributed by atoms with Crippen molar-refractivity contribution in [1.29, 1.82) is 0 Å². The van der Waals surface area contributed by atoms with Crippen molar-refractivity contribution in [3.8, 4) is 5.75 Å². The number of alkyl halides is 3. The molecule has 1 aromatic carbocycles. The normalized spacial score (nSPS) is 15.3. The van der Waals surface area contributed by atoms with Crippen LogP contribution in [0.3, 0.4) is 0 Å². The van der Waals surface area contributed by atoms with E-state index in [4.69, 9.17) is 10.5 Å². The van der Waals surface area contributed by atoms with E-state index in [0.717, 1.165) is 19.1 Å². The van der Waals surface area contributed by atoms with Crippen LogP contribution in [0, 0.1) is 5.82 Å². The summed E-state index contributed by atoms with van der Waals surface area (Å²) in [5, 5.41) is 0. The van der Waals surface area contributed by atoms with E-state index in [2.05, 4.69) is 0 Å². The summed E-state index contributed by atoms with van der Waals surface area (Å²) in [6, 6.07) is 2.77. The fraction of sp³-hybridized carbons (Fsp3) is 0.500. The van der Waals surface area contributed by atoms with Crippen molar-refractivity contribution < 1.29 is 22.3 Å². The third-order valence-electron chi connectivity index (χ3n) is 2.43. The van der Waals surface area contributed by atoms with Gasteiger partial charge < -0.3 is 10.5 Å². The van der Waals surface area contributed by atoms with Crippen LogP contribution in [0.4, 0.5) is 17.6 Å². The lowest BCUT2D eigenvalue weighted by atomic mass is 9.99. The third kappa shape index (κ3) is 3.87. The van der Waals surface area contributed by atoms with Gasteiger partial charge in [-0.25, -0.2) is 4.39 Å². The van der Waals surface area contributed by atoms with Gasteiger partial charge in [-0.05, 0) is 32.0 Å². The molecule has 2 unspecified atom stereocenters. The Morgan fingerprint density at radius 3 is 2.39 bits per heavy atom. The highest BCUT2D eigenvalue weighted by molar-refractivity contribution is 5.37. The zero-order valence-corrected chi connectivity index (χ0v) is 10.1. The first-order valence-electron chi connectivity index (χ1n) is 5.46. The highest BCUT2D eigenvalue weighted by Gasteiger charge is 2.38. The number of nitrogens with two attached hydrogens (primary N) is 1. The van der Waals surface area contributed by atoms with Gasteiger partial charge in [0.15, 0.2) is 0 Å². The Morgan fingerprint density at radius 2 is 1.89 bits per heavy atom. The summed E-state index contributed by atoms with van der Waals surface area (Å²) in [7, 11) is 0. The van der Waals surface area contributed by atoms with Crippen molar-refractivity contribution in [2.24, 2.45) is 5.73 Å². The molecule has 0 radical (unpaired) electrons. The number of ether oxygens (including phenoxy) is 1. The molecule has 0 spiro atoms. The highest BCUT2D eigenvalue weighted by atomic mass is 19.4. The lowest BCUT2D eigenvalue weighted by Crippen LogP contribution is -2.25. The molecule has 0 heterocycles. The number of hydrogen-bond donors (Lipinski definition) is 1. The molecule has 1 aromatic rings. The minimum atomic E-state index is -4.44. The summed E-state index contributed by atoms with van der Waals surface area (Å²) in [6.45, 7) is 2.70. The number of benzene rings is 1. The molecule has 102 valence electrons. The predicted molar refractivity (Wildman–Crippen MR) is 60.0 cm³/mol. The van der Waals surface area contributed by atoms with Crippen molar-refractivity contribution in [2.75, 3.05) is 6.61 Å². The SMILES string of the molecule is CC(N)COc1ccc(F)cc1C(C)C(F)(F)F. The molecule has 6 heteroatoms. The van der Waals surface area contributed by atoms with Crippen LogP contribution in [0.25, 0.3) is 0 Å². The molecular formula is C12H15F4NO. The fourth-order valence-corrected chi connectivity index (χ4v) is 1.39. The fourth-order valence-electron chi connectivity index (χ4n) is 1.39. The number of rotatable bonds is 4. The maximum absolute atomic E-state index is 13.0. The van der Waals surface area contributed by atoms with Gasteiger partial charge in [0, 0.05) is 11.6 Å². The zero-order valence-electron chi connectivity index (χ0n) is 10.1. The van der Waals surface area contributed by atoms with E-state index >= 15 is 0 Å². The summed E-state index contributed by atoms with van der Waals surface area (Å²) in [4.78, 5) is 0. The first-order chi connectivity index (χ1) is 8.21. The second-order valence-electron chi connectivity index (χ2n) is 4.23. The monoisotopic (exact) mass is 265 g/mol. The second-order valence-corrected chi connectivity index (χ2v) is 4.23. The summed E-state index contributed by atoms with van der Waals surface area (Å²) in [5.41, 5.74) is 5.24. The average molecular weight is 265 g/mol. The molecule has 0 fully saturated rings. The van der Waals surface area contributed by atoms with Crippen LogP contribution in [-0.4, -0.2) is 18.8 Å². The molecule has 2 atom stereocenters. The summed E-state index contributed by atoms with van der Waals surface area (Å²) in [6.07, 6.45) is -4.44. The van der Waals surface area contributed by atoms with Crippen LogP contribution in [0.2, 0.25) is 0 Å². The predicted octanol–water partition coefficient (Wildman–Crippen LogP) is 3.22. The van der Waals surface area contributed by atoms with Gasteiger partial charge in [-0.3, -0.25) is 0 Å². The molecule has 2 N–H and O–H groups in total. The zero-order chi connectivity index (χ0) is 13.9. The standard InChI is InChI=1S/C12H15F4NO/c1-7(17)6-18-11-4-3-9(13)5-10(11)8(2)12(14,15)16/h3-5,7-8H,6,17H2,1-2H3. The third-order valence-corrected chi connectivity index (χ3v) is 2.43. The van der Waals surface area contributed by atoms with Crippen molar-refractivity contribution in [1.82, 2.24) is 0 Å². The second kappa shape index (κ2) is 5.56. The van der Waals surface area contributed by atoms with Crippen LogP contribution in [0.1, 0.15) is 25.3 Å². The van der Waals surface area contributed by atoms with Gasteiger partial charge >= 0.3 is 6.18 Å². The van der Waals surface area contributed by atoms with E-state index in [1.54, 1.807) is 6.92 Å². The van der Waals surface area contributed by atoms with Gasteiger partial charge in [0.05, 0.1) is 5.92 Å². The minimum absolute atomic E-state index is 0.0125. The van der Waals surface area contributed by atoms with Crippen LogP contribution in [0.5, 0.6) is 5.75 Å². The van der Waals surface area contributed by atoms with Crippen LogP contribution < -0.4 is 10.5 Å². The van der Waals surface area contributed by atoms with E-state index in [0.29, 0.717) is 0 Å². The minimum Gasteiger partial charge on any atom is -0.492 e. The van der Waals surface area contributed by atoms with Gasteiger partial charge in [-0.15, -0.1) is 0 Å². The van der Waals surface area contributed by atoms with Gasteiger partial charge in [-0.1, -0.05) is 0 Å². The van der Waals surface area contributed by atoms with Gasteiger partial charge in [0.1, 0.15) is 18.2 Å². The summed E-state index contributed by atoms with van der Waals surface area (Å²) < 4.78 is 56.2. The maximum Gasteiger partial charge on any atom is 0.395 e. The summed E-state index contributed by atoms with van der Waals surface area (Å²) in [5.74, 6) is -2.51. The first-order valence-corrected chi connectivity index (χ1v) is 5.46. The highest BCUT2D eigenvalue weighted by Crippen LogP contribution is 2.38. The molecule has 0 bridgehead atoms. The molecule has 0 amide bonds. The molecule has 0 aromatic heterocycles. The van der Waals surface area contributed by atoms with Gasteiger partial charge in [-0.2, -0.15) is 13.2 Å². The molecule has 0 aliphatic heterocycles. The Labute approximate surface area is 103 Å². The number of halogens is 4. The largest absolute Gasteiger partial charge is 0.492 e. The molecule has 18 heavy (non-hydrogen) atoms. The van der Waals surface area contributed by atoms with E-state index < -0.39 is 17.9 Å². The van der Waals surface area contributed by atoms with Crippen LogP contribution >= 0.6 is 0 Å². The van der Waals surface area contributed by atoms with E-state index in [-0.39, 0.29) is 24.0 Å².